The molecule has 0 spiro atoms. The van der Waals surface area contributed by atoms with Crippen LogP contribution in [0.15, 0.2) is 17.1 Å². The number of hydrogen-bond acceptors (Lipinski definition) is 9. The molecule has 1 fully saturated rings. The molecule has 0 aliphatic carbocycles. The average Bonchev–Trinajstić information content (AvgIpc) is 3.00. The molecule has 36 heavy (non-hydrogen) atoms. The van der Waals surface area contributed by atoms with Gasteiger partial charge in [0.15, 0.2) is 6.10 Å². The SMILES string of the molecule is CC(C)C(=O)OC[C@H]1O[C@@H](n2ccc(NC(=O)C(C)(C)C)nc2=O)C(F)(F)[C@@H]1OC(=O)[C@@H](N)C(C)C. The van der Waals surface area contributed by atoms with Crippen molar-refractivity contribution in [3.05, 3.63) is 22.7 Å². The zero-order valence-electron chi connectivity index (χ0n) is 21.4. The fourth-order valence-electron chi connectivity index (χ4n) is 3.02. The summed E-state index contributed by atoms with van der Waals surface area (Å²) < 4.78 is 47.0. The predicted octanol–water partition coefficient (Wildman–Crippen LogP) is 1.85. The van der Waals surface area contributed by atoms with Gasteiger partial charge in [-0.05, 0) is 12.0 Å². The lowest BCUT2D eigenvalue weighted by Gasteiger charge is -2.26. The molecule has 0 aromatic carbocycles. The van der Waals surface area contributed by atoms with Gasteiger partial charge in [0.05, 0.1) is 5.92 Å². The smallest absolute Gasteiger partial charge is 0.351 e. The van der Waals surface area contributed by atoms with Crippen LogP contribution in [0.25, 0.3) is 0 Å². The Balaban J connectivity index is 2.37. The van der Waals surface area contributed by atoms with E-state index in [0.717, 1.165) is 12.3 Å². The van der Waals surface area contributed by atoms with Gasteiger partial charge in [0, 0.05) is 11.6 Å². The number of ether oxygens (including phenoxy) is 3. The van der Waals surface area contributed by atoms with Gasteiger partial charge in [0.25, 0.3) is 0 Å². The molecule has 13 heteroatoms. The van der Waals surface area contributed by atoms with Crippen molar-refractivity contribution in [3.63, 3.8) is 0 Å². The minimum absolute atomic E-state index is 0.134. The molecule has 1 aromatic rings. The first kappa shape index (κ1) is 29.3. The van der Waals surface area contributed by atoms with Crippen molar-refractivity contribution in [2.45, 2.75) is 78.9 Å². The van der Waals surface area contributed by atoms with Crippen LogP contribution in [0.3, 0.4) is 0 Å². The van der Waals surface area contributed by atoms with Gasteiger partial charge in [-0.2, -0.15) is 13.8 Å². The molecule has 1 amide bonds. The number of rotatable bonds is 8. The summed E-state index contributed by atoms with van der Waals surface area (Å²) in [7, 11) is 0. The second-order valence-electron chi connectivity index (χ2n) is 10.3. The summed E-state index contributed by atoms with van der Waals surface area (Å²) in [5.41, 5.74) is 3.82. The zero-order chi connectivity index (χ0) is 27.6. The normalized spacial score (nSPS) is 22.4. The van der Waals surface area contributed by atoms with Crippen LogP contribution in [0.1, 0.15) is 54.7 Å². The third kappa shape index (κ3) is 6.64. The fourth-order valence-corrected chi connectivity index (χ4v) is 3.02. The number of nitrogens with two attached hydrogens (primary N) is 1. The lowest BCUT2D eigenvalue weighted by Crippen LogP contribution is -2.48. The van der Waals surface area contributed by atoms with Gasteiger partial charge >= 0.3 is 23.6 Å². The summed E-state index contributed by atoms with van der Waals surface area (Å²) in [5.74, 6) is -7.20. The number of anilines is 1. The largest absolute Gasteiger partial charge is 0.463 e. The number of aromatic nitrogens is 2. The predicted molar refractivity (Wildman–Crippen MR) is 124 cm³/mol. The van der Waals surface area contributed by atoms with Gasteiger partial charge in [0.1, 0.15) is 24.6 Å². The second-order valence-corrected chi connectivity index (χ2v) is 10.3. The Bertz CT molecular complexity index is 1040. The van der Waals surface area contributed by atoms with Crippen LogP contribution in [0, 0.1) is 17.3 Å². The van der Waals surface area contributed by atoms with Crippen LogP contribution < -0.4 is 16.7 Å². The Kier molecular flexibility index (Phi) is 8.95. The maximum absolute atomic E-state index is 15.5. The number of carbonyl (C=O) groups excluding carboxylic acids is 3. The zero-order valence-corrected chi connectivity index (χ0v) is 21.4. The number of halogens is 2. The van der Waals surface area contributed by atoms with Gasteiger partial charge in [0.2, 0.25) is 12.1 Å². The number of nitrogens with zero attached hydrogens (tertiary/aromatic N) is 2. The van der Waals surface area contributed by atoms with E-state index >= 15 is 8.78 Å². The second kappa shape index (κ2) is 11.0. The van der Waals surface area contributed by atoms with E-state index in [1.807, 2.05) is 0 Å². The lowest BCUT2D eigenvalue weighted by molar-refractivity contribution is -0.179. The molecule has 3 N–H and O–H groups in total. The maximum Gasteiger partial charge on any atom is 0.351 e. The van der Waals surface area contributed by atoms with E-state index in [1.54, 1.807) is 48.5 Å². The summed E-state index contributed by atoms with van der Waals surface area (Å²) in [5, 5.41) is 2.44. The minimum atomic E-state index is -3.93. The number of hydrogen-bond donors (Lipinski definition) is 2. The fraction of sp³-hybridized carbons (Fsp3) is 0.696. The van der Waals surface area contributed by atoms with Crippen LogP contribution >= 0.6 is 0 Å². The molecular formula is C23H34F2N4O7. The summed E-state index contributed by atoms with van der Waals surface area (Å²) in [6.45, 7) is 10.6. The lowest BCUT2D eigenvalue weighted by atomic mass is 9.96. The number of nitrogens with one attached hydrogen (secondary N) is 1. The molecule has 2 rings (SSSR count). The van der Waals surface area contributed by atoms with Crippen LogP contribution in [-0.4, -0.2) is 58.2 Å². The van der Waals surface area contributed by atoms with Crippen LogP contribution in [-0.2, 0) is 28.6 Å². The van der Waals surface area contributed by atoms with E-state index in [4.69, 9.17) is 19.9 Å². The minimum Gasteiger partial charge on any atom is -0.463 e. The molecule has 1 aliphatic heterocycles. The Morgan fingerprint density at radius 2 is 1.83 bits per heavy atom. The molecule has 202 valence electrons. The molecule has 0 unspecified atom stereocenters. The third-order valence-electron chi connectivity index (χ3n) is 5.45. The van der Waals surface area contributed by atoms with Crippen molar-refractivity contribution in [2.24, 2.45) is 23.0 Å². The summed E-state index contributed by atoms with van der Waals surface area (Å²) in [4.78, 5) is 52.7. The van der Waals surface area contributed by atoms with Gasteiger partial charge < -0.3 is 25.3 Å². The first-order chi connectivity index (χ1) is 16.5. The van der Waals surface area contributed by atoms with E-state index in [-0.39, 0.29) is 5.82 Å². The number of amides is 1. The van der Waals surface area contributed by atoms with Crippen molar-refractivity contribution in [1.82, 2.24) is 9.55 Å². The van der Waals surface area contributed by atoms with Crippen molar-refractivity contribution >= 4 is 23.7 Å². The van der Waals surface area contributed by atoms with Gasteiger partial charge in [-0.25, -0.2) is 4.79 Å². The quantitative estimate of drug-likeness (QED) is 0.493. The first-order valence-electron chi connectivity index (χ1n) is 11.5. The Morgan fingerprint density at radius 3 is 2.33 bits per heavy atom. The Morgan fingerprint density at radius 1 is 1.22 bits per heavy atom. The number of alkyl halides is 2. The summed E-state index contributed by atoms with van der Waals surface area (Å²) in [6.07, 6.45) is -5.05. The molecule has 11 nitrogen and oxygen atoms in total. The Labute approximate surface area is 207 Å². The number of esters is 2. The summed E-state index contributed by atoms with van der Waals surface area (Å²) in [6, 6.07) is -0.0273. The van der Waals surface area contributed by atoms with E-state index in [2.05, 4.69) is 10.3 Å². The van der Waals surface area contributed by atoms with Crippen molar-refractivity contribution < 1.29 is 37.4 Å². The number of carbonyl (C=O) groups is 3. The van der Waals surface area contributed by atoms with Crippen LogP contribution in [0.4, 0.5) is 14.6 Å². The highest BCUT2D eigenvalue weighted by molar-refractivity contribution is 5.93. The van der Waals surface area contributed by atoms with Crippen LogP contribution in [0.2, 0.25) is 0 Å². The molecule has 1 aromatic heterocycles. The van der Waals surface area contributed by atoms with Gasteiger partial charge in [-0.1, -0.05) is 48.5 Å². The highest BCUT2D eigenvalue weighted by Crippen LogP contribution is 2.44. The van der Waals surface area contributed by atoms with E-state index in [9.17, 15) is 19.2 Å². The average molecular weight is 517 g/mol. The highest BCUT2D eigenvalue weighted by Gasteiger charge is 2.63. The van der Waals surface area contributed by atoms with E-state index in [1.165, 1.54) is 0 Å². The first-order valence-corrected chi connectivity index (χ1v) is 11.5. The summed E-state index contributed by atoms with van der Waals surface area (Å²) >= 11 is 0. The van der Waals surface area contributed by atoms with Gasteiger partial charge in [-0.15, -0.1) is 0 Å². The maximum atomic E-state index is 15.5. The van der Waals surface area contributed by atoms with Gasteiger partial charge in [-0.3, -0.25) is 19.0 Å². The molecule has 1 saturated heterocycles. The monoisotopic (exact) mass is 516 g/mol. The topological polar surface area (TPSA) is 152 Å². The third-order valence-corrected chi connectivity index (χ3v) is 5.45. The molecular weight excluding hydrogens is 482 g/mol. The molecule has 4 atom stereocenters. The molecule has 0 bridgehead atoms. The van der Waals surface area contributed by atoms with Crippen molar-refractivity contribution in [3.8, 4) is 0 Å². The Hall–Kier alpha value is -2.93. The molecule has 0 radical (unpaired) electrons. The standard InChI is InChI=1S/C23H34F2N4O7/c1-11(2)15(26)18(31)36-16-13(10-34-17(30)12(3)4)35-20(23(16,24)25)29-9-8-14(28-21(29)33)27-19(32)22(5,6)7/h8-9,11-13,15-16,20H,10,26H2,1-7H3,(H,27,28,32,33)/t13-,15+,16-,20-/m1/s1. The highest BCUT2D eigenvalue weighted by atomic mass is 19.3. The molecule has 0 saturated carbocycles. The van der Waals surface area contributed by atoms with Crippen molar-refractivity contribution in [1.29, 1.82) is 0 Å². The van der Waals surface area contributed by atoms with E-state index < -0.39 is 77.8 Å². The van der Waals surface area contributed by atoms with E-state index in [0.29, 0.717) is 4.57 Å². The van der Waals surface area contributed by atoms with Crippen molar-refractivity contribution in [2.75, 3.05) is 11.9 Å². The molecule has 1 aliphatic rings. The molecule has 2 heterocycles. The van der Waals surface area contributed by atoms with Crippen LogP contribution in [0.5, 0.6) is 0 Å².